The molecule has 1 unspecified atom stereocenters. The molecule has 1 rings (SSSR count). The lowest BCUT2D eigenvalue weighted by Gasteiger charge is -2.34. The Kier molecular flexibility index (Phi) is 4.06. The van der Waals surface area contributed by atoms with Gasteiger partial charge in [0.1, 0.15) is 5.54 Å². The first-order valence-corrected chi connectivity index (χ1v) is 5.99. The number of nitrogens with one attached hydrogen (secondary N) is 1. The fourth-order valence-corrected chi connectivity index (χ4v) is 2.81. The molecule has 1 atom stereocenters. The molecule has 0 bridgehead atoms. The van der Waals surface area contributed by atoms with Gasteiger partial charge in [0.05, 0.1) is 0 Å². The zero-order chi connectivity index (χ0) is 9.73. The van der Waals surface area contributed by atoms with Crippen LogP contribution >= 0.6 is 11.8 Å². The van der Waals surface area contributed by atoms with Crippen LogP contribution in [0.2, 0.25) is 0 Å². The summed E-state index contributed by atoms with van der Waals surface area (Å²) in [7, 11) is 0. The van der Waals surface area contributed by atoms with Gasteiger partial charge in [0.2, 0.25) is 5.91 Å². The van der Waals surface area contributed by atoms with E-state index in [-0.39, 0.29) is 5.91 Å². The summed E-state index contributed by atoms with van der Waals surface area (Å²) in [5.41, 5.74) is 5.01. The van der Waals surface area contributed by atoms with Crippen molar-refractivity contribution in [2.75, 3.05) is 18.1 Å². The van der Waals surface area contributed by atoms with Crippen LogP contribution in [0.15, 0.2) is 0 Å². The third kappa shape index (κ3) is 2.61. The van der Waals surface area contributed by atoms with E-state index < -0.39 is 5.54 Å². The van der Waals surface area contributed by atoms with Crippen LogP contribution < -0.4 is 11.1 Å². The van der Waals surface area contributed by atoms with Crippen LogP contribution in [0.1, 0.15) is 26.2 Å². The number of rotatable bonds is 4. The molecule has 1 heterocycles. The number of nitrogens with two attached hydrogens (primary N) is 1. The first kappa shape index (κ1) is 10.9. The number of thioether (sulfide) groups is 1. The Labute approximate surface area is 83.8 Å². The van der Waals surface area contributed by atoms with E-state index in [1.807, 2.05) is 11.8 Å². The maximum atomic E-state index is 11.3. The Balaban J connectivity index is 2.56. The molecule has 3 N–H and O–H groups in total. The number of hydrogen-bond acceptors (Lipinski definition) is 3. The van der Waals surface area contributed by atoms with Crippen molar-refractivity contribution >= 4 is 17.7 Å². The fourth-order valence-electron chi connectivity index (χ4n) is 1.58. The van der Waals surface area contributed by atoms with Crippen molar-refractivity contribution in [1.29, 1.82) is 0 Å². The molecule has 3 nitrogen and oxygen atoms in total. The third-order valence-corrected chi connectivity index (χ3v) is 3.70. The quantitative estimate of drug-likeness (QED) is 0.707. The molecule has 0 aromatic carbocycles. The highest BCUT2D eigenvalue weighted by Crippen LogP contribution is 2.26. The van der Waals surface area contributed by atoms with Gasteiger partial charge in [-0.25, -0.2) is 0 Å². The average Bonchev–Trinajstić information content (AvgIpc) is 2.16. The monoisotopic (exact) mass is 202 g/mol. The summed E-state index contributed by atoms with van der Waals surface area (Å²) in [5, 5.41) is 3.29. The standard InChI is InChI=1S/C9H18N2OS/c1-2-5-11-9(8(10)12)4-3-6-13-7-9/h11H,2-7H2,1H3,(H2,10,12). The molecule has 4 heteroatoms. The SMILES string of the molecule is CCCNC1(C(N)=O)CCCSC1. The molecule has 1 aliphatic heterocycles. The van der Waals surface area contributed by atoms with E-state index >= 15 is 0 Å². The summed E-state index contributed by atoms with van der Waals surface area (Å²) in [4.78, 5) is 11.3. The van der Waals surface area contributed by atoms with Crippen LogP contribution in [0.5, 0.6) is 0 Å². The highest BCUT2D eigenvalue weighted by atomic mass is 32.2. The van der Waals surface area contributed by atoms with Crippen molar-refractivity contribution in [3.05, 3.63) is 0 Å². The Hall–Kier alpha value is -0.220. The molecule has 0 spiro atoms. The lowest BCUT2D eigenvalue weighted by atomic mass is 9.94. The predicted molar refractivity (Wildman–Crippen MR) is 56.8 cm³/mol. The molecule has 0 saturated carbocycles. The van der Waals surface area contributed by atoms with Gasteiger partial charge in [0.15, 0.2) is 0 Å². The van der Waals surface area contributed by atoms with E-state index in [9.17, 15) is 4.79 Å². The topological polar surface area (TPSA) is 55.1 Å². The highest BCUT2D eigenvalue weighted by molar-refractivity contribution is 7.99. The normalized spacial score (nSPS) is 28.7. The average molecular weight is 202 g/mol. The molecule has 76 valence electrons. The predicted octanol–water partition coefficient (Wildman–Crippen LogP) is 0.737. The molecule has 0 radical (unpaired) electrons. The van der Waals surface area contributed by atoms with Crippen LogP contribution in [0.25, 0.3) is 0 Å². The summed E-state index contributed by atoms with van der Waals surface area (Å²) < 4.78 is 0. The van der Waals surface area contributed by atoms with Gasteiger partial charge in [0.25, 0.3) is 0 Å². The van der Waals surface area contributed by atoms with Gasteiger partial charge in [-0.1, -0.05) is 6.92 Å². The van der Waals surface area contributed by atoms with Crippen LogP contribution in [-0.4, -0.2) is 29.5 Å². The maximum Gasteiger partial charge on any atom is 0.238 e. The van der Waals surface area contributed by atoms with Crippen LogP contribution in [0.3, 0.4) is 0 Å². The summed E-state index contributed by atoms with van der Waals surface area (Å²) in [6.45, 7) is 2.97. The summed E-state index contributed by atoms with van der Waals surface area (Å²) in [6, 6.07) is 0. The van der Waals surface area contributed by atoms with Gasteiger partial charge in [-0.3, -0.25) is 4.79 Å². The molecule has 1 fully saturated rings. The summed E-state index contributed by atoms with van der Waals surface area (Å²) >= 11 is 1.82. The zero-order valence-corrected chi connectivity index (χ0v) is 8.95. The van der Waals surface area contributed by atoms with Crippen molar-refractivity contribution in [3.63, 3.8) is 0 Å². The van der Waals surface area contributed by atoms with Gasteiger partial charge < -0.3 is 11.1 Å². The van der Waals surface area contributed by atoms with Crippen molar-refractivity contribution in [2.24, 2.45) is 5.73 Å². The van der Waals surface area contributed by atoms with E-state index in [2.05, 4.69) is 12.2 Å². The molecule has 13 heavy (non-hydrogen) atoms. The molecule has 1 amide bonds. The second-order valence-corrected chi connectivity index (χ2v) is 4.63. The number of hydrogen-bond donors (Lipinski definition) is 2. The van der Waals surface area contributed by atoms with E-state index in [1.165, 1.54) is 0 Å². The van der Waals surface area contributed by atoms with E-state index in [0.29, 0.717) is 0 Å². The van der Waals surface area contributed by atoms with Crippen molar-refractivity contribution in [2.45, 2.75) is 31.7 Å². The van der Waals surface area contributed by atoms with Gasteiger partial charge in [-0.05, 0) is 31.6 Å². The van der Waals surface area contributed by atoms with E-state index in [1.54, 1.807) is 0 Å². The number of carbonyl (C=O) groups excluding carboxylic acids is 1. The van der Waals surface area contributed by atoms with E-state index in [4.69, 9.17) is 5.73 Å². The van der Waals surface area contributed by atoms with E-state index in [0.717, 1.165) is 37.3 Å². The molecule has 1 aliphatic rings. The van der Waals surface area contributed by atoms with Gasteiger partial charge in [-0.2, -0.15) is 11.8 Å². The zero-order valence-electron chi connectivity index (χ0n) is 8.14. The Morgan fingerprint density at radius 2 is 2.46 bits per heavy atom. The van der Waals surface area contributed by atoms with Crippen LogP contribution in [0.4, 0.5) is 0 Å². The first-order valence-electron chi connectivity index (χ1n) is 4.84. The minimum atomic E-state index is -0.418. The number of amides is 1. The molecule has 0 aromatic heterocycles. The van der Waals surface area contributed by atoms with Gasteiger partial charge >= 0.3 is 0 Å². The lowest BCUT2D eigenvalue weighted by molar-refractivity contribution is -0.123. The summed E-state index contributed by atoms with van der Waals surface area (Å²) in [6.07, 6.45) is 3.03. The highest BCUT2D eigenvalue weighted by Gasteiger charge is 2.37. The smallest absolute Gasteiger partial charge is 0.238 e. The molecular formula is C9H18N2OS. The number of carbonyl (C=O) groups is 1. The minimum absolute atomic E-state index is 0.187. The minimum Gasteiger partial charge on any atom is -0.368 e. The molecular weight excluding hydrogens is 184 g/mol. The van der Waals surface area contributed by atoms with Crippen LogP contribution in [-0.2, 0) is 4.79 Å². The maximum absolute atomic E-state index is 11.3. The van der Waals surface area contributed by atoms with Gasteiger partial charge in [0, 0.05) is 5.75 Å². The second kappa shape index (κ2) is 4.86. The van der Waals surface area contributed by atoms with Crippen molar-refractivity contribution in [3.8, 4) is 0 Å². The molecule has 0 aliphatic carbocycles. The van der Waals surface area contributed by atoms with Crippen molar-refractivity contribution in [1.82, 2.24) is 5.32 Å². The fraction of sp³-hybridized carbons (Fsp3) is 0.889. The molecule has 1 saturated heterocycles. The Bertz CT molecular complexity index is 178. The van der Waals surface area contributed by atoms with Crippen LogP contribution in [0, 0.1) is 0 Å². The number of primary amides is 1. The van der Waals surface area contributed by atoms with Gasteiger partial charge in [-0.15, -0.1) is 0 Å². The third-order valence-electron chi connectivity index (χ3n) is 2.43. The van der Waals surface area contributed by atoms with Crippen molar-refractivity contribution < 1.29 is 4.79 Å². The molecule has 0 aromatic rings. The lowest BCUT2D eigenvalue weighted by Crippen LogP contribution is -2.58. The second-order valence-electron chi connectivity index (χ2n) is 3.53. The Morgan fingerprint density at radius 1 is 1.69 bits per heavy atom. The Morgan fingerprint density at radius 3 is 2.92 bits per heavy atom. The first-order chi connectivity index (χ1) is 6.21. The summed E-state index contributed by atoms with van der Waals surface area (Å²) in [5.74, 6) is 1.80. The largest absolute Gasteiger partial charge is 0.368 e.